The van der Waals surface area contributed by atoms with E-state index in [-0.39, 0.29) is 0 Å². The molecule has 0 aromatic carbocycles. The molecule has 2 radical (unpaired) electrons. The van der Waals surface area contributed by atoms with Gasteiger partial charge >= 0.3 is 0 Å². The van der Waals surface area contributed by atoms with Crippen LogP contribution in [0.2, 0.25) is 0 Å². The Kier molecular flexibility index (Phi) is 7.66. The zero-order chi connectivity index (χ0) is 8.53. The van der Waals surface area contributed by atoms with Gasteiger partial charge in [-0.2, -0.15) is 0 Å². The molecule has 0 atom stereocenters. The zero-order valence-corrected chi connectivity index (χ0v) is 7.90. The van der Waals surface area contributed by atoms with Crippen molar-refractivity contribution in [3.63, 3.8) is 0 Å². The number of allylic oxidation sites excluding steroid dienone is 2. The predicted octanol–water partition coefficient (Wildman–Crippen LogP) is 3.94. The number of hydrogen-bond donors (Lipinski definition) is 0. The maximum absolute atomic E-state index is 3.78. The van der Waals surface area contributed by atoms with Gasteiger partial charge in [0.1, 0.15) is 0 Å². The van der Waals surface area contributed by atoms with Crippen LogP contribution in [0.25, 0.3) is 0 Å². The topological polar surface area (TPSA) is 0 Å². The van der Waals surface area contributed by atoms with E-state index >= 15 is 0 Å². The molecule has 0 heterocycles. The monoisotopic (exact) mass is 152 g/mol. The fourth-order valence-electron chi connectivity index (χ4n) is 0.927. The highest BCUT2D eigenvalue weighted by atomic mass is 14.0. The van der Waals surface area contributed by atoms with Crippen LogP contribution in [-0.4, -0.2) is 0 Å². The van der Waals surface area contributed by atoms with Crippen molar-refractivity contribution in [3.05, 3.63) is 25.0 Å². The summed E-state index contributed by atoms with van der Waals surface area (Å²) in [4.78, 5) is 0. The fourth-order valence-corrected chi connectivity index (χ4v) is 0.927. The quantitative estimate of drug-likeness (QED) is 0.399. The van der Waals surface area contributed by atoms with Crippen molar-refractivity contribution in [1.82, 2.24) is 0 Å². The molecule has 0 heteroatoms. The van der Waals surface area contributed by atoms with Crippen molar-refractivity contribution in [2.24, 2.45) is 0 Å². The lowest BCUT2D eigenvalue weighted by Gasteiger charge is -1.99. The van der Waals surface area contributed by atoms with Gasteiger partial charge in [0.15, 0.2) is 0 Å². The Labute approximate surface area is 71.7 Å². The second-order valence-electron chi connectivity index (χ2n) is 3.21. The maximum atomic E-state index is 3.78. The molecule has 0 unspecified atom stereocenters. The number of unbranched alkanes of at least 4 members (excludes halogenated alkanes) is 2. The first-order chi connectivity index (χ1) is 5.27. The summed E-state index contributed by atoms with van der Waals surface area (Å²) in [6.07, 6.45) is 10.5. The highest BCUT2D eigenvalue weighted by molar-refractivity contribution is 4.84. The molecule has 0 bridgehead atoms. The molecule has 0 saturated carbocycles. The Bertz CT molecular complexity index is 90.2. The van der Waals surface area contributed by atoms with Crippen LogP contribution in [0.4, 0.5) is 0 Å². The van der Waals surface area contributed by atoms with E-state index in [9.17, 15) is 0 Å². The van der Waals surface area contributed by atoms with Gasteiger partial charge in [-0.1, -0.05) is 32.9 Å². The third kappa shape index (κ3) is 9.74. The molecule has 0 fully saturated rings. The largest absolute Gasteiger partial charge is 0.0885 e. The number of hydrogen-bond acceptors (Lipinski definition) is 0. The molecule has 0 aromatic rings. The minimum atomic E-state index is 1.02. The van der Waals surface area contributed by atoms with E-state index in [1.54, 1.807) is 0 Å². The first-order valence-corrected chi connectivity index (χ1v) is 4.50. The summed E-state index contributed by atoms with van der Waals surface area (Å²) >= 11 is 0. The Hall–Kier alpha value is -0.260. The van der Waals surface area contributed by atoms with Gasteiger partial charge in [-0.15, -0.1) is 0 Å². The lowest BCUT2D eigenvalue weighted by atomic mass is 10.1. The Morgan fingerprint density at radius 1 is 1.18 bits per heavy atom. The van der Waals surface area contributed by atoms with Crippen LogP contribution in [0.15, 0.2) is 12.2 Å². The Morgan fingerprint density at radius 2 is 1.82 bits per heavy atom. The standard InChI is InChI=1S/C11H20/c1-4-5-6-7-8-9-10-11(2)3/h6-7H,1,4-5,8-10H2,2-3H3. The molecule has 64 valence electrons. The molecule has 0 amide bonds. The van der Waals surface area contributed by atoms with Crippen molar-refractivity contribution < 1.29 is 0 Å². The second kappa shape index (κ2) is 7.84. The van der Waals surface area contributed by atoms with Gasteiger partial charge < -0.3 is 0 Å². The Morgan fingerprint density at radius 3 is 2.36 bits per heavy atom. The molecular formula is C11H20. The van der Waals surface area contributed by atoms with Crippen LogP contribution in [0, 0.1) is 12.8 Å². The lowest BCUT2D eigenvalue weighted by molar-refractivity contribution is 0.758. The summed E-state index contributed by atoms with van der Waals surface area (Å²) in [5.41, 5.74) is 0. The average Bonchev–Trinajstić information content (AvgIpc) is 1.96. The van der Waals surface area contributed by atoms with E-state index in [0.717, 1.165) is 12.8 Å². The van der Waals surface area contributed by atoms with Gasteiger partial charge in [-0.3, -0.25) is 0 Å². The molecule has 0 rings (SSSR count). The first kappa shape index (κ1) is 10.7. The summed E-state index contributed by atoms with van der Waals surface area (Å²) in [5, 5.41) is 0. The molecule has 0 aromatic heterocycles. The highest BCUT2D eigenvalue weighted by Gasteiger charge is 1.91. The van der Waals surface area contributed by atoms with Crippen LogP contribution in [0.3, 0.4) is 0 Å². The summed E-state index contributed by atoms with van der Waals surface area (Å²) in [6.45, 7) is 8.16. The number of rotatable bonds is 6. The highest BCUT2D eigenvalue weighted by Crippen LogP contribution is 2.08. The van der Waals surface area contributed by atoms with Crippen LogP contribution < -0.4 is 0 Å². The van der Waals surface area contributed by atoms with Gasteiger partial charge in [0.25, 0.3) is 0 Å². The maximum Gasteiger partial charge on any atom is -0.0303 e. The van der Waals surface area contributed by atoms with Gasteiger partial charge in [0.2, 0.25) is 0 Å². The molecule has 0 saturated heterocycles. The van der Waals surface area contributed by atoms with E-state index in [4.69, 9.17) is 0 Å². The zero-order valence-electron chi connectivity index (χ0n) is 7.90. The minimum Gasteiger partial charge on any atom is -0.0885 e. The summed E-state index contributed by atoms with van der Waals surface area (Å²) < 4.78 is 0. The van der Waals surface area contributed by atoms with Crippen molar-refractivity contribution in [2.75, 3.05) is 0 Å². The second-order valence-corrected chi connectivity index (χ2v) is 3.21. The first-order valence-electron chi connectivity index (χ1n) is 4.50. The van der Waals surface area contributed by atoms with Crippen LogP contribution in [-0.2, 0) is 0 Å². The van der Waals surface area contributed by atoms with Gasteiger partial charge in [0, 0.05) is 0 Å². The smallest absolute Gasteiger partial charge is 0.0303 e. The van der Waals surface area contributed by atoms with Gasteiger partial charge in [0.05, 0.1) is 0 Å². The fraction of sp³-hybridized carbons (Fsp3) is 0.636. The van der Waals surface area contributed by atoms with Gasteiger partial charge in [-0.25, -0.2) is 0 Å². The van der Waals surface area contributed by atoms with Crippen molar-refractivity contribution >= 4 is 0 Å². The van der Waals surface area contributed by atoms with E-state index < -0.39 is 0 Å². The summed E-state index contributed by atoms with van der Waals surface area (Å²) in [6, 6.07) is 0. The molecular weight excluding hydrogens is 132 g/mol. The molecule has 0 spiro atoms. The Balaban J connectivity index is 3.01. The third-order valence-corrected chi connectivity index (χ3v) is 1.59. The predicted molar refractivity (Wildman–Crippen MR) is 52.2 cm³/mol. The molecule has 0 nitrogen and oxygen atoms in total. The van der Waals surface area contributed by atoms with Crippen LogP contribution >= 0.6 is 0 Å². The van der Waals surface area contributed by atoms with Crippen molar-refractivity contribution in [3.8, 4) is 0 Å². The molecule has 0 aliphatic rings. The van der Waals surface area contributed by atoms with E-state index in [1.807, 2.05) is 0 Å². The lowest BCUT2D eigenvalue weighted by Crippen LogP contribution is -1.82. The van der Waals surface area contributed by atoms with Crippen LogP contribution in [0.5, 0.6) is 0 Å². The van der Waals surface area contributed by atoms with Crippen molar-refractivity contribution in [1.29, 1.82) is 0 Å². The van der Waals surface area contributed by atoms with Crippen molar-refractivity contribution in [2.45, 2.75) is 46.0 Å². The molecule has 0 aliphatic carbocycles. The average molecular weight is 152 g/mol. The summed E-state index contributed by atoms with van der Waals surface area (Å²) in [7, 11) is 0. The molecule has 11 heavy (non-hydrogen) atoms. The normalized spacial score (nSPS) is 11.6. The molecule has 0 aliphatic heterocycles. The van der Waals surface area contributed by atoms with Crippen LogP contribution in [0.1, 0.15) is 46.0 Å². The SMILES string of the molecule is [CH2]CCC=CCCC[C](C)C. The van der Waals surface area contributed by atoms with E-state index in [0.29, 0.717) is 0 Å². The molecule has 0 N–H and O–H groups in total. The van der Waals surface area contributed by atoms with E-state index in [1.165, 1.54) is 25.2 Å². The summed E-state index contributed by atoms with van der Waals surface area (Å²) in [5.74, 6) is 1.54. The minimum absolute atomic E-state index is 1.02. The van der Waals surface area contributed by atoms with Gasteiger partial charge in [-0.05, 0) is 38.0 Å². The van der Waals surface area contributed by atoms with E-state index in [2.05, 4.69) is 32.9 Å². The third-order valence-electron chi connectivity index (χ3n) is 1.59.